The summed E-state index contributed by atoms with van der Waals surface area (Å²) in [4.78, 5) is 15.2. The molecule has 0 amide bonds. The summed E-state index contributed by atoms with van der Waals surface area (Å²) in [7, 11) is 0. The Balaban J connectivity index is 1.95. The minimum absolute atomic E-state index is 0.349. The zero-order valence-electron chi connectivity index (χ0n) is 12.4. The second-order valence-corrected chi connectivity index (χ2v) is 5.54. The van der Waals surface area contributed by atoms with Gasteiger partial charge in [0.05, 0.1) is 6.33 Å². The number of hydrogen-bond acceptors (Lipinski definition) is 3. The van der Waals surface area contributed by atoms with E-state index in [0.717, 1.165) is 11.3 Å². The van der Waals surface area contributed by atoms with Crippen LogP contribution in [0.2, 0.25) is 0 Å². The lowest BCUT2D eigenvalue weighted by atomic mass is 10.0. The molecule has 5 nitrogen and oxygen atoms in total. The van der Waals surface area contributed by atoms with Gasteiger partial charge in [0, 0.05) is 24.6 Å². The highest BCUT2D eigenvalue weighted by atomic mass is 16.4. The molecular weight excluding hydrogens is 266 g/mol. The first-order valence-corrected chi connectivity index (χ1v) is 7.09. The minimum atomic E-state index is -0.793. The van der Waals surface area contributed by atoms with Gasteiger partial charge in [-0.2, -0.15) is 0 Å². The molecule has 2 N–H and O–H groups in total. The van der Waals surface area contributed by atoms with Crippen LogP contribution in [0.3, 0.4) is 0 Å². The van der Waals surface area contributed by atoms with Crippen LogP contribution >= 0.6 is 0 Å². The second kappa shape index (κ2) is 7.04. The summed E-state index contributed by atoms with van der Waals surface area (Å²) in [5, 5.41) is 12.3. The van der Waals surface area contributed by atoms with Gasteiger partial charge in [0.2, 0.25) is 0 Å². The molecular formula is C16H21N3O2. The molecule has 1 heterocycles. The molecule has 0 bridgehead atoms. The van der Waals surface area contributed by atoms with Crippen molar-refractivity contribution in [2.24, 2.45) is 5.92 Å². The summed E-state index contributed by atoms with van der Waals surface area (Å²) in [5.74, 6) is -0.444. The Morgan fingerprint density at radius 3 is 2.57 bits per heavy atom. The lowest BCUT2D eigenvalue weighted by Gasteiger charge is -2.16. The third kappa shape index (κ3) is 4.43. The van der Waals surface area contributed by atoms with Gasteiger partial charge < -0.3 is 15.0 Å². The van der Waals surface area contributed by atoms with Crippen molar-refractivity contribution in [2.75, 3.05) is 0 Å². The van der Waals surface area contributed by atoms with Crippen molar-refractivity contribution in [3.63, 3.8) is 0 Å². The first-order chi connectivity index (χ1) is 10.1. The van der Waals surface area contributed by atoms with E-state index in [0.29, 0.717) is 18.9 Å². The van der Waals surface area contributed by atoms with Gasteiger partial charge in [-0.1, -0.05) is 26.0 Å². The number of aromatic nitrogens is 2. The quantitative estimate of drug-likeness (QED) is 0.821. The third-order valence-electron chi connectivity index (χ3n) is 3.30. The SMILES string of the molecule is CC(C)CC(NCc1ccc(-n2ccnc2)cc1)C(=O)O. The van der Waals surface area contributed by atoms with Crippen LogP contribution in [0.4, 0.5) is 0 Å². The van der Waals surface area contributed by atoms with Crippen LogP contribution in [0.25, 0.3) is 5.69 Å². The zero-order chi connectivity index (χ0) is 15.2. The Bertz CT molecular complexity index is 562. The maximum absolute atomic E-state index is 11.2. The molecule has 1 aromatic carbocycles. The molecule has 0 fully saturated rings. The number of nitrogens with one attached hydrogen (secondary N) is 1. The van der Waals surface area contributed by atoms with Crippen molar-refractivity contribution >= 4 is 5.97 Å². The highest BCUT2D eigenvalue weighted by Crippen LogP contribution is 2.10. The predicted molar refractivity (Wildman–Crippen MR) is 81.3 cm³/mol. The number of rotatable bonds is 7. The van der Waals surface area contributed by atoms with Crippen molar-refractivity contribution in [3.05, 3.63) is 48.5 Å². The van der Waals surface area contributed by atoms with Gasteiger partial charge in [0.1, 0.15) is 6.04 Å². The van der Waals surface area contributed by atoms with Gasteiger partial charge in [-0.15, -0.1) is 0 Å². The van der Waals surface area contributed by atoms with Crippen molar-refractivity contribution in [1.82, 2.24) is 14.9 Å². The predicted octanol–water partition coefficient (Wildman–Crippen LogP) is 2.46. The summed E-state index contributed by atoms with van der Waals surface area (Å²) < 4.78 is 1.93. The van der Waals surface area contributed by atoms with Crippen LogP contribution in [0.5, 0.6) is 0 Å². The van der Waals surface area contributed by atoms with Gasteiger partial charge in [-0.3, -0.25) is 4.79 Å². The Hall–Kier alpha value is -2.14. The fourth-order valence-electron chi connectivity index (χ4n) is 2.18. The first-order valence-electron chi connectivity index (χ1n) is 7.09. The minimum Gasteiger partial charge on any atom is -0.480 e. The van der Waals surface area contributed by atoms with E-state index in [1.54, 1.807) is 12.5 Å². The van der Waals surface area contributed by atoms with Crippen molar-refractivity contribution in [1.29, 1.82) is 0 Å². The molecule has 1 unspecified atom stereocenters. The molecule has 0 aliphatic rings. The average molecular weight is 287 g/mol. The van der Waals surface area contributed by atoms with Crippen molar-refractivity contribution in [2.45, 2.75) is 32.9 Å². The number of aliphatic carboxylic acids is 1. The molecule has 21 heavy (non-hydrogen) atoms. The van der Waals surface area contributed by atoms with Gasteiger partial charge in [0.25, 0.3) is 0 Å². The summed E-state index contributed by atoms with van der Waals surface area (Å²) in [6.45, 7) is 4.60. The van der Waals surface area contributed by atoms with Crippen LogP contribution in [0.15, 0.2) is 43.0 Å². The third-order valence-corrected chi connectivity index (χ3v) is 3.30. The van der Waals surface area contributed by atoms with Crippen LogP contribution in [-0.2, 0) is 11.3 Å². The Kier molecular flexibility index (Phi) is 5.11. The molecule has 5 heteroatoms. The molecule has 2 rings (SSSR count). The lowest BCUT2D eigenvalue weighted by Crippen LogP contribution is -2.37. The summed E-state index contributed by atoms with van der Waals surface area (Å²) in [6.07, 6.45) is 5.99. The van der Waals surface area contributed by atoms with E-state index in [9.17, 15) is 9.90 Å². The van der Waals surface area contributed by atoms with Crippen LogP contribution in [-0.4, -0.2) is 26.7 Å². The van der Waals surface area contributed by atoms with E-state index in [4.69, 9.17) is 0 Å². The molecule has 0 aliphatic heterocycles. The van der Waals surface area contributed by atoms with Gasteiger partial charge >= 0.3 is 5.97 Å². The fourth-order valence-corrected chi connectivity index (χ4v) is 2.18. The Morgan fingerprint density at radius 1 is 1.33 bits per heavy atom. The number of carboxylic acid groups (broad SMARTS) is 1. The maximum atomic E-state index is 11.2. The molecule has 0 saturated heterocycles. The molecule has 112 valence electrons. The lowest BCUT2D eigenvalue weighted by molar-refractivity contribution is -0.140. The van der Waals surface area contributed by atoms with Crippen LogP contribution in [0, 0.1) is 5.92 Å². The molecule has 2 aromatic rings. The summed E-state index contributed by atoms with van der Waals surface area (Å²) in [6, 6.07) is 7.49. The first kappa shape index (κ1) is 15.3. The van der Waals surface area contributed by atoms with Gasteiger partial charge in [-0.05, 0) is 30.0 Å². The van der Waals surface area contributed by atoms with E-state index in [-0.39, 0.29) is 0 Å². The summed E-state index contributed by atoms with van der Waals surface area (Å²) in [5.41, 5.74) is 2.10. The van der Waals surface area contributed by atoms with Crippen molar-refractivity contribution in [3.8, 4) is 5.69 Å². The number of carbonyl (C=O) groups is 1. The number of imidazole rings is 1. The van der Waals surface area contributed by atoms with E-state index in [1.807, 2.05) is 48.9 Å². The van der Waals surface area contributed by atoms with Gasteiger partial charge in [-0.25, -0.2) is 4.98 Å². The number of benzene rings is 1. The normalized spacial score (nSPS) is 12.5. The fraction of sp³-hybridized carbons (Fsp3) is 0.375. The van der Waals surface area contributed by atoms with E-state index >= 15 is 0 Å². The van der Waals surface area contributed by atoms with Crippen LogP contribution < -0.4 is 5.32 Å². The highest BCUT2D eigenvalue weighted by molar-refractivity contribution is 5.73. The van der Waals surface area contributed by atoms with Crippen LogP contribution in [0.1, 0.15) is 25.8 Å². The van der Waals surface area contributed by atoms with E-state index in [1.165, 1.54) is 0 Å². The molecule has 1 atom stereocenters. The molecule has 0 saturated carbocycles. The molecule has 0 spiro atoms. The summed E-state index contributed by atoms with van der Waals surface area (Å²) >= 11 is 0. The molecule has 0 radical (unpaired) electrons. The number of hydrogen-bond donors (Lipinski definition) is 2. The van der Waals surface area contributed by atoms with Gasteiger partial charge in [0.15, 0.2) is 0 Å². The maximum Gasteiger partial charge on any atom is 0.320 e. The highest BCUT2D eigenvalue weighted by Gasteiger charge is 2.17. The number of carboxylic acids is 1. The smallest absolute Gasteiger partial charge is 0.320 e. The van der Waals surface area contributed by atoms with E-state index < -0.39 is 12.0 Å². The second-order valence-electron chi connectivity index (χ2n) is 5.54. The molecule has 1 aromatic heterocycles. The monoisotopic (exact) mass is 287 g/mol. The standard InChI is InChI=1S/C16H21N3O2/c1-12(2)9-15(16(20)21)18-10-13-3-5-14(6-4-13)19-8-7-17-11-19/h3-8,11-12,15,18H,9-10H2,1-2H3,(H,20,21). The Labute approximate surface area is 124 Å². The zero-order valence-corrected chi connectivity index (χ0v) is 12.4. The Morgan fingerprint density at radius 2 is 2.05 bits per heavy atom. The van der Waals surface area contributed by atoms with Crippen molar-refractivity contribution < 1.29 is 9.90 Å². The largest absolute Gasteiger partial charge is 0.480 e. The average Bonchev–Trinajstić information content (AvgIpc) is 2.97. The topological polar surface area (TPSA) is 67.2 Å². The molecule has 0 aliphatic carbocycles. The number of nitrogens with zero attached hydrogens (tertiary/aromatic N) is 2. The van der Waals surface area contributed by atoms with E-state index in [2.05, 4.69) is 10.3 Å².